The van der Waals surface area contributed by atoms with Crippen LogP contribution in [0.15, 0.2) is 48.6 Å². The summed E-state index contributed by atoms with van der Waals surface area (Å²) in [6, 6.07) is 0. The second-order valence-corrected chi connectivity index (χ2v) is 14.6. The number of carbonyl (C=O) groups is 3. The highest BCUT2D eigenvalue weighted by molar-refractivity contribution is 5.71. The van der Waals surface area contributed by atoms with E-state index < -0.39 is 6.10 Å². The maximum Gasteiger partial charge on any atom is 0.306 e. The van der Waals surface area contributed by atoms with Gasteiger partial charge in [0, 0.05) is 19.3 Å². The molecule has 0 fully saturated rings. The Kier molecular flexibility index (Phi) is 40.0. The van der Waals surface area contributed by atoms with Crippen LogP contribution in [0.4, 0.5) is 0 Å². The Morgan fingerprint density at radius 1 is 0.377 bits per heavy atom. The lowest BCUT2D eigenvalue weighted by atomic mass is 10.1. The maximum atomic E-state index is 12.6. The van der Waals surface area contributed by atoms with Gasteiger partial charge in [-0.15, -0.1) is 0 Å². The van der Waals surface area contributed by atoms with Gasteiger partial charge >= 0.3 is 17.9 Å². The van der Waals surface area contributed by atoms with Gasteiger partial charge in [0.2, 0.25) is 0 Å². The van der Waals surface area contributed by atoms with Crippen molar-refractivity contribution in [3.8, 4) is 0 Å². The third-order valence-corrected chi connectivity index (χ3v) is 9.29. The number of hydrogen-bond acceptors (Lipinski definition) is 6. The first kappa shape index (κ1) is 50.4. The summed E-state index contributed by atoms with van der Waals surface area (Å²) in [6.45, 7) is 6.43. The fourth-order valence-electron chi connectivity index (χ4n) is 5.92. The van der Waals surface area contributed by atoms with Crippen LogP contribution < -0.4 is 0 Å². The number of esters is 3. The summed E-state index contributed by atoms with van der Waals surface area (Å²) in [5.74, 6) is -0.921. The van der Waals surface area contributed by atoms with Gasteiger partial charge in [0.05, 0.1) is 0 Å². The van der Waals surface area contributed by atoms with E-state index in [9.17, 15) is 14.4 Å². The Morgan fingerprint density at radius 2 is 0.717 bits per heavy atom. The predicted molar refractivity (Wildman–Crippen MR) is 224 cm³/mol. The van der Waals surface area contributed by atoms with E-state index in [0.717, 1.165) is 109 Å². The first-order chi connectivity index (χ1) is 26.0. The quantitative estimate of drug-likeness (QED) is 0.0270. The van der Waals surface area contributed by atoms with Gasteiger partial charge in [0.25, 0.3) is 0 Å². The number of allylic oxidation sites excluding steroid dienone is 8. The van der Waals surface area contributed by atoms with E-state index in [1.807, 2.05) is 0 Å². The molecule has 0 heterocycles. The molecule has 306 valence electrons. The van der Waals surface area contributed by atoms with E-state index in [-0.39, 0.29) is 31.1 Å². The molecule has 0 rings (SSSR count). The monoisotopic (exact) mass is 743 g/mol. The summed E-state index contributed by atoms with van der Waals surface area (Å²) in [5, 5.41) is 0. The molecule has 0 aliphatic carbocycles. The van der Waals surface area contributed by atoms with Crippen LogP contribution in [0.3, 0.4) is 0 Å². The van der Waals surface area contributed by atoms with E-state index in [4.69, 9.17) is 14.2 Å². The predicted octanol–water partition coefficient (Wildman–Crippen LogP) is 14.0. The van der Waals surface area contributed by atoms with Crippen molar-refractivity contribution in [3.63, 3.8) is 0 Å². The Labute approximate surface area is 327 Å². The number of hydrogen-bond donors (Lipinski definition) is 0. The molecule has 6 heteroatoms. The van der Waals surface area contributed by atoms with Crippen molar-refractivity contribution >= 4 is 17.9 Å². The van der Waals surface area contributed by atoms with Crippen LogP contribution in [0.2, 0.25) is 0 Å². The van der Waals surface area contributed by atoms with Crippen LogP contribution in [-0.4, -0.2) is 37.2 Å². The van der Waals surface area contributed by atoms with Gasteiger partial charge < -0.3 is 14.2 Å². The standard InChI is InChI=1S/C47H82O6/c1-4-7-10-13-15-17-19-21-22-23-24-26-27-29-31-34-37-40-46(49)52-43-44(42-51-45(48)39-36-33-12-9-6-3)53-47(50)41-38-35-32-30-28-25-20-18-16-14-11-8-5-2/h11,14-15,17-18,20-22,44H,4-10,12-13,16,19,23-43H2,1-3H3/b14-11-,17-15-,20-18-,22-21-. The van der Waals surface area contributed by atoms with E-state index in [1.54, 1.807) is 0 Å². The molecule has 0 saturated carbocycles. The molecule has 6 nitrogen and oxygen atoms in total. The van der Waals surface area contributed by atoms with Gasteiger partial charge in [0.1, 0.15) is 13.2 Å². The van der Waals surface area contributed by atoms with Crippen molar-refractivity contribution < 1.29 is 28.6 Å². The highest BCUT2D eigenvalue weighted by Gasteiger charge is 2.19. The summed E-state index contributed by atoms with van der Waals surface area (Å²) in [6.07, 6.45) is 48.3. The van der Waals surface area contributed by atoms with Crippen LogP contribution in [0.25, 0.3) is 0 Å². The molecule has 0 N–H and O–H groups in total. The average molecular weight is 743 g/mol. The second-order valence-electron chi connectivity index (χ2n) is 14.6. The first-order valence-corrected chi connectivity index (χ1v) is 22.1. The number of ether oxygens (including phenoxy) is 3. The van der Waals surface area contributed by atoms with Crippen LogP contribution in [-0.2, 0) is 28.6 Å². The molecule has 1 unspecified atom stereocenters. The zero-order chi connectivity index (χ0) is 38.7. The fourth-order valence-corrected chi connectivity index (χ4v) is 5.92. The van der Waals surface area contributed by atoms with Crippen LogP contribution in [0.1, 0.15) is 213 Å². The largest absolute Gasteiger partial charge is 0.462 e. The highest BCUT2D eigenvalue weighted by atomic mass is 16.6. The van der Waals surface area contributed by atoms with E-state index in [2.05, 4.69) is 69.4 Å². The minimum atomic E-state index is -0.777. The fraction of sp³-hybridized carbons (Fsp3) is 0.766. The Balaban J connectivity index is 4.25. The molecular formula is C47H82O6. The topological polar surface area (TPSA) is 78.9 Å². The van der Waals surface area contributed by atoms with Crippen molar-refractivity contribution in [1.29, 1.82) is 0 Å². The molecular weight excluding hydrogens is 661 g/mol. The maximum absolute atomic E-state index is 12.6. The van der Waals surface area contributed by atoms with Gasteiger partial charge in [-0.25, -0.2) is 0 Å². The lowest BCUT2D eigenvalue weighted by Gasteiger charge is -2.18. The van der Waals surface area contributed by atoms with Gasteiger partial charge in [-0.05, 0) is 77.0 Å². The molecule has 0 aromatic rings. The summed E-state index contributed by atoms with van der Waals surface area (Å²) in [7, 11) is 0. The van der Waals surface area contributed by atoms with Crippen molar-refractivity contribution in [1.82, 2.24) is 0 Å². The highest BCUT2D eigenvalue weighted by Crippen LogP contribution is 2.13. The van der Waals surface area contributed by atoms with Crippen LogP contribution >= 0.6 is 0 Å². The van der Waals surface area contributed by atoms with Crippen molar-refractivity contribution in [2.45, 2.75) is 219 Å². The molecule has 0 aliphatic heterocycles. The Bertz CT molecular complexity index is 949. The molecule has 1 atom stereocenters. The van der Waals surface area contributed by atoms with Gasteiger partial charge in [-0.1, -0.05) is 166 Å². The second kappa shape index (κ2) is 42.1. The van der Waals surface area contributed by atoms with Crippen LogP contribution in [0.5, 0.6) is 0 Å². The number of rotatable bonds is 39. The summed E-state index contributed by atoms with van der Waals surface area (Å²) in [5.41, 5.74) is 0. The lowest BCUT2D eigenvalue weighted by molar-refractivity contribution is -0.167. The minimum absolute atomic E-state index is 0.0826. The summed E-state index contributed by atoms with van der Waals surface area (Å²) >= 11 is 0. The van der Waals surface area contributed by atoms with E-state index >= 15 is 0 Å². The third-order valence-electron chi connectivity index (χ3n) is 9.29. The normalized spacial score (nSPS) is 12.4. The zero-order valence-electron chi connectivity index (χ0n) is 34.8. The summed E-state index contributed by atoms with van der Waals surface area (Å²) < 4.78 is 16.6. The summed E-state index contributed by atoms with van der Waals surface area (Å²) in [4.78, 5) is 37.4. The first-order valence-electron chi connectivity index (χ1n) is 22.1. The Hall–Kier alpha value is -2.63. The molecule has 0 aromatic carbocycles. The molecule has 0 spiro atoms. The number of carbonyl (C=O) groups excluding carboxylic acids is 3. The molecule has 53 heavy (non-hydrogen) atoms. The Morgan fingerprint density at radius 3 is 1.15 bits per heavy atom. The molecule has 0 bridgehead atoms. The molecule has 0 aliphatic rings. The average Bonchev–Trinajstić information content (AvgIpc) is 3.15. The van der Waals surface area contributed by atoms with E-state index in [1.165, 1.54) is 64.2 Å². The smallest absolute Gasteiger partial charge is 0.306 e. The van der Waals surface area contributed by atoms with Gasteiger partial charge in [0.15, 0.2) is 6.10 Å². The zero-order valence-corrected chi connectivity index (χ0v) is 34.8. The van der Waals surface area contributed by atoms with Crippen LogP contribution in [0, 0.1) is 0 Å². The van der Waals surface area contributed by atoms with Gasteiger partial charge in [-0.3, -0.25) is 14.4 Å². The third kappa shape index (κ3) is 40.4. The van der Waals surface area contributed by atoms with Crippen molar-refractivity contribution in [2.24, 2.45) is 0 Å². The van der Waals surface area contributed by atoms with Crippen molar-refractivity contribution in [3.05, 3.63) is 48.6 Å². The molecule has 0 aromatic heterocycles. The number of unbranched alkanes of at least 4 members (excludes halogenated alkanes) is 20. The molecule has 0 saturated heterocycles. The molecule has 0 radical (unpaired) electrons. The molecule has 0 amide bonds. The van der Waals surface area contributed by atoms with Gasteiger partial charge in [-0.2, -0.15) is 0 Å². The SMILES string of the molecule is CCC/C=C\C/C=C\CCCCCCCC(=O)OC(COC(=O)CCCCCCC)COC(=O)CCCCCCCCC/C=C\C/C=C\CCCCC. The minimum Gasteiger partial charge on any atom is -0.462 e. The van der Waals surface area contributed by atoms with E-state index in [0.29, 0.717) is 19.3 Å². The lowest BCUT2D eigenvalue weighted by Crippen LogP contribution is -2.30. The van der Waals surface area contributed by atoms with Crippen molar-refractivity contribution in [2.75, 3.05) is 13.2 Å².